The van der Waals surface area contributed by atoms with E-state index in [0.717, 1.165) is 23.7 Å². The van der Waals surface area contributed by atoms with Gasteiger partial charge in [0.2, 0.25) is 0 Å². The maximum atomic E-state index is 13.0. The smallest absolute Gasteiger partial charge is 0.272 e. The number of hydrazone groups is 1. The number of carbonyl (C=O) groups is 2. The zero-order valence-electron chi connectivity index (χ0n) is 12.4. The van der Waals surface area contributed by atoms with Crippen molar-refractivity contribution in [3.05, 3.63) is 47.5 Å². The number of carbonyl (C=O) groups excluding carboxylic acids is 2. The van der Waals surface area contributed by atoms with Crippen molar-refractivity contribution in [1.29, 1.82) is 0 Å². The van der Waals surface area contributed by atoms with Gasteiger partial charge in [0.15, 0.2) is 0 Å². The number of hydrogen-bond acceptors (Lipinski definition) is 3. The second-order valence-corrected chi connectivity index (χ2v) is 6.32. The Bertz CT molecular complexity index is 754. The predicted molar refractivity (Wildman–Crippen MR) is 78.6 cm³/mol. The van der Waals surface area contributed by atoms with Crippen LogP contribution in [0, 0.1) is 23.7 Å². The number of nitrogens with zero attached hydrogens (tertiary/aromatic N) is 2. The highest BCUT2D eigenvalue weighted by Gasteiger charge is 2.59. The number of fused-ring (bicyclic) bond motifs is 5. The van der Waals surface area contributed by atoms with E-state index in [1.807, 2.05) is 12.2 Å². The van der Waals surface area contributed by atoms with Crippen molar-refractivity contribution >= 4 is 18.0 Å². The van der Waals surface area contributed by atoms with Crippen LogP contribution in [0.15, 0.2) is 41.5 Å². The van der Waals surface area contributed by atoms with E-state index in [9.17, 15) is 22.8 Å². The molecule has 2 aliphatic carbocycles. The number of alkyl halides is 3. The normalized spacial score (nSPS) is 31.5. The van der Waals surface area contributed by atoms with Crippen molar-refractivity contribution in [1.82, 2.24) is 5.01 Å². The molecule has 4 atom stereocenters. The fourth-order valence-electron chi connectivity index (χ4n) is 3.99. The van der Waals surface area contributed by atoms with E-state index in [1.165, 1.54) is 18.2 Å². The van der Waals surface area contributed by atoms with Crippen LogP contribution in [-0.2, 0) is 15.8 Å². The molecule has 4 rings (SSSR count). The molecule has 2 fully saturated rings. The van der Waals surface area contributed by atoms with E-state index >= 15 is 0 Å². The highest BCUT2D eigenvalue weighted by atomic mass is 19.4. The Labute approximate surface area is 135 Å². The summed E-state index contributed by atoms with van der Waals surface area (Å²) in [5.74, 6) is -1.58. The van der Waals surface area contributed by atoms with Crippen LogP contribution < -0.4 is 0 Å². The molecule has 124 valence electrons. The van der Waals surface area contributed by atoms with Crippen LogP contribution in [0.25, 0.3) is 0 Å². The molecule has 1 saturated heterocycles. The van der Waals surface area contributed by atoms with Crippen molar-refractivity contribution in [2.45, 2.75) is 12.6 Å². The number of amides is 2. The summed E-state index contributed by atoms with van der Waals surface area (Å²) in [5.41, 5.74) is -1.03. The van der Waals surface area contributed by atoms with Crippen LogP contribution in [0.2, 0.25) is 0 Å². The van der Waals surface area contributed by atoms with E-state index < -0.39 is 35.4 Å². The monoisotopic (exact) mass is 334 g/mol. The molecule has 4 nitrogen and oxygen atoms in total. The van der Waals surface area contributed by atoms with Crippen molar-refractivity contribution in [2.24, 2.45) is 28.8 Å². The van der Waals surface area contributed by atoms with Gasteiger partial charge in [-0.3, -0.25) is 9.59 Å². The van der Waals surface area contributed by atoms with Crippen molar-refractivity contribution < 1.29 is 22.8 Å². The van der Waals surface area contributed by atoms with E-state index in [-0.39, 0.29) is 17.4 Å². The lowest BCUT2D eigenvalue weighted by Gasteiger charge is -2.13. The lowest BCUT2D eigenvalue weighted by Crippen LogP contribution is -2.28. The second kappa shape index (κ2) is 5.03. The van der Waals surface area contributed by atoms with Crippen LogP contribution in [0.1, 0.15) is 17.5 Å². The minimum Gasteiger partial charge on any atom is -0.272 e. The van der Waals surface area contributed by atoms with Gasteiger partial charge in [-0.25, -0.2) is 0 Å². The summed E-state index contributed by atoms with van der Waals surface area (Å²) in [6.07, 6.45) is 1.10. The van der Waals surface area contributed by atoms with Gasteiger partial charge in [-0.2, -0.15) is 23.3 Å². The average molecular weight is 334 g/mol. The van der Waals surface area contributed by atoms with Gasteiger partial charge in [-0.05, 0) is 24.3 Å². The Morgan fingerprint density at radius 1 is 1.04 bits per heavy atom. The molecular formula is C17H13F3N2O2. The minimum atomic E-state index is -4.53. The highest BCUT2D eigenvalue weighted by Crippen LogP contribution is 2.52. The lowest BCUT2D eigenvalue weighted by atomic mass is 9.85. The summed E-state index contributed by atoms with van der Waals surface area (Å²) in [6.45, 7) is 0. The molecule has 0 aromatic heterocycles. The van der Waals surface area contributed by atoms with Crippen molar-refractivity contribution in [2.75, 3.05) is 0 Å². The van der Waals surface area contributed by atoms with Gasteiger partial charge in [-0.15, -0.1) is 0 Å². The first-order valence-corrected chi connectivity index (χ1v) is 7.64. The molecule has 4 unspecified atom stereocenters. The molecular weight excluding hydrogens is 321 g/mol. The van der Waals surface area contributed by atoms with Crippen molar-refractivity contribution in [3.63, 3.8) is 0 Å². The third-order valence-electron chi connectivity index (χ3n) is 5.03. The Balaban J connectivity index is 1.62. The number of rotatable bonds is 2. The van der Waals surface area contributed by atoms with Crippen LogP contribution in [-0.4, -0.2) is 23.0 Å². The quantitative estimate of drug-likeness (QED) is 0.474. The van der Waals surface area contributed by atoms with Gasteiger partial charge in [0.25, 0.3) is 11.8 Å². The first-order valence-electron chi connectivity index (χ1n) is 7.64. The van der Waals surface area contributed by atoms with E-state index in [1.54, 1.807) is 0 Å². The van der Waals surface area contributed by atoms with Crippen molar-refractivity contribution in [3.8, 4) is 0 Å². The molecule has 1 heterocycles. The number of imide groups is 1. The van der Waals surface area contributed by atoms with Gasteiger partial charge in [0.1, 0.15) is 0 Å². The number of halogens is 3. The Kier molecular flexibility index (Phi) is 3.16. The van der Waals surface area contributed by atoms with E-state index in [4.69, 9.17) is 0 Å². The molecule has 1 aromatic carbocycles. The molecule has 1 aromatic rings. The van der Waals surface area contributed by atoms with Gasteiger partial charge >= 0.3 is 6.18 Å². The third kappa shape index (κ3) is 2.11. The van der Waals surface area contributed by atoms with Crippen LogP contribution in [0.3, 0.4) is 0 Å². The topological polar surface area (TPSA) is 49.7 Å². The second-order valence-electron chi connectivity index (χ2n) is 6.32. The number of allylic oxidation sites excluding steroid dienone is 2. The molecule has 0 radical (unpaired) electrons. The summed E-state index contributed by atoms with van der Waals surface area (Å²) in [6, 6.07) is 4.92. The molecule has 0 spiro atoms. The zero-order valence-corrected chi connectivity index (χ0v) is 12.4. The molecule has 2 amide bonds. The summed E-state index contributed by atoms with van der Waals surface area (Å²) >= 11 is 0. The van der Waals surface area contributed by atoms with Gasteiger partial charge in [0, 0.05) is 5.56 Å². The summed E-state index contributed by atoms with van der Waals surface area (Å²) < 4.78 is 39.0. The molecule has 24 heavy (non-hydrogen) atoms. The van der Waals surface area contributed by atoms with Crippen LogP contribution >= 0.6 is 0 Å². The van der Waals surface area contributed by atoms with E-state index in [0.29, 0.717) is 0 Å². The average Bonchev–Trinajstić information content (AvgIpc) is 3.20. The summed E-state index contributed by atoms with van der Waals surface area (Å²) in [4.78, 5) is 24.9. The van der Waals surface area contributed by atoms with Gasteiger partial charge in [0.05, 0.1) is 23.6 Å². The van der Waals surface area contributed by atoms with Gasteiger partial charge in [-0.1, -0.05) is 30.4 Å². The van der Waals surface area contributed by atoms with E-state index in [2.05, 4.69) is 5.10 Å². The first-order chi connectivity index (χ1) is 11.4. The van der Waals surface area contributed by atoms with Crippen LogP contribution in [0.5, 0.6) is 0 Å². The minimum absolute atomic E-state index is 0.0408. The maximum Gasteiger partial charge on any atom is 0.417 e. The number of benzene rings is 1. The lowest BCUT2D eigenvalue weighted by molar-refractivity contribution is -0.140. The largest absolute Gasteiger partial charge is 0.417 e. The fourth-order valence-corrected chi connectivity index (χ4v) is 3.99. The fraction of sp³-hybridized carbons (Fsp3) is 0.353. The molecule has 1 saturated carbocycles. The summed E-state index contributed by atoms with van der Waals surface area (Å²) in [7, 11) is 0. The molecule has 1 aliphatic heterocycles. The van der Waals surface area contributed by atoms with Crippen LogP contribution in [0.4, 0.5) is 13.2 Å². The zero-order chi connectivity index (χ0) is 17.1. The Hall–Kier alpha value is -2.44. The maximum absolute atomic E-state index is 13.0. The standard InChI is InChI=1S/C17H13F3N2O2/c18-17(19,20)12-4-2-1-3-11(12)8-21-22-15(23)13-9-5-6-10(7-9)14(13)16(22)24/h1-6,8-10,13-14H,7H2. The molecule has 2 bridgehead atoms. The molecule has 3 aliphatic rings. The predicted octanol–water partition coefficient (Wildman–Crippen LogP) is 2.85. The Morgan fingerprint density at radius 2 is 1.62 bits per heavy atom. The first kappa shape index (κ1) is 15.1. The highest BCUT2D eigenvalue weighted by molar-refractivity contribution is 6.06. The molecule has 7 heteroatoms. The third-order valence-corrected chi connectivity index (χ3v) is 5.03. The Morgan fingerprint density at radius 3 is 2.21 bits per heavy atom. The number of hydrogen-bond donors (Lipinski definition) is 0. The van der Waals surface area contributed by atoms with Gasteiger partial charge < -0.3 is 0 Å². The molecule has 0 N–H and O–H groups in total. The summed E-state index contributed by atoms with van der Waals surface area (Å²) in [5, 5.41) is 4.53. The SMILES string of the molecule is O=C1C2C3C=CC(C3)C2C(=O)N1N=Cc1ccccc1C(F)(F)F.